The average Bonchev–Trinajstić information content (AvgIpc) is 3.12. The van der Waals surface area contributed by atoms with Gasteiger partial charge in [0.2, 0.25) is 5.95 Å². The Morgan fingerprint density at radius 1 is 1.33 bits per heavy atom. The van der Waals surface area contributed by atoms with Gasteiger partial charge in [0, 0.05) is 28.4 Å². The number of methoxy groups -OCH3 is 1. The molecule has 0 saturated carbocycles. The summed E-state index contributed by atoms with van der Waals surface area (Å²) in [4.78, 5) is 15.1. The van der Waals surface area contributed by atoms with Crippen LogP contribution in [0.5, 0.6) is 5.75 Å². The monoisotopic (exact) mass is 422 g/mol. The number of fused-ring (bicyclic) bond motifs is 1. The molecule has 30 heavy (non-hydrogen) atoms. The number of piperidine rings is 1. The number of nitrogens with one attached hydrogen (secondary N) is 2. The van der Waals surface area contributed by atoms with Crippen molar-refractivity contribution in [3.8, 4) is 16.9 Å². The Balaban J connectivity index is 1.63. The number of aromatic nitrogens is 2. The van der Waals surface area contributed by atoms with E-state index in [1.165, 1.54) is 11.1 Å². The van der Waals surface area contributed by atoms with E-state index in [4.69, 9.17) is 15.5 Å². The Hall–Kier alpha value is -2.97. The van der Waals surface area contributed by atoms with Gasteiger partial charge in [0.25, 0.3) is 0 Å². The molecule has 4 rings (SSSR count). The van der Waals surface area contributed by atoms with Crippen LogP contribution in [0.25, 0.3) is 21.3 Å². The standard InChI is InChI=1S/C22H26N6OS/c1-14-20(17-5-3-4-6-18(17)29-2)21-19(30-14)13-26-22(28-21)27-16(11-23)12-25-15-7-9-24-10-8-15/h3-6,11-13,15,24H,7-10,23H2,1-2H3,(H,26,27,28). The molecule has 1 fully saturated rings. The van der Waals surface area contributed by atoms with Crippen molar-refractivity contribution in [1.29, 1.82) is 0 Å². The van der Waals surface area contributed by atoms with E-state index < -0.39 is 0 Å². The Morgan fingerprint density at radius 2 is 2.13 bits per heavy atom. The fourth-order valence-electron chi connectivity index (χ4n) is 3.62. The van der Waals surface area contributed by atoms with Crippen LogP contribution < -0.4 is 21.1 Å². The Bertz CT molecular complexity index is 1080. The van der Waals surface area contributed by atoms with Crippen LogP contribution in [-0.4, -0.2) is 42.4 Å². The molecule has 0 radical (unpaired) electrons. The van der Waals surface area contributed by atoms with Gasteiger partial charge in [-0.3, -0.25) is 4.99 Å². The molecule has 2 aromatic heterocycles. The zero-order chi connectivity index (χ0) is 20.9. The van der Waals surface area contributed by atoms with Gasteiger partial charge in [-0.2, -0.15) is 0 Å². The van der Waals surface area contributed by atoms with Crippen LogP contribution in [0.2, 0.25) is 0 Å². The number of ether oxygens (including phenoxy) is 1. The number of aliphatic imine (C=N–C) groups is 1. The third-order valence-electron chi connectivity index (χ3n) is 5.15. The Kier molecular flexibility index (Phi) is 6.25. The number of rotatable bonds is 6. The van der Waals surface area contributed by atoms with Crippen molar-refractivity contribution in [2.24, 2.45) is 10.7 Å². The number of benzene rings is 1. The molecule has 0 atom stereocenters. The van der Waals surface area contributed by atoms with Crippen LogP contribution in [0.1, 0.15) is 17.7 Å². The van der Waals surface area contributed by atoms with Crippen molar-refractivity contribution in [1.82, 2.24) is 15.3 Å². The summed E-state index contributed by atoms with van der Waals surface area (Å²) in [6.45, 7) is 4.10. The first-order valence-corrected chi connectivity index (χ1v) is 10.8. The van der Waals surface area contributed by atoms with Crippen molar-refractivity contribution in [2.45, 2.75) is 25.8 Å². The lowest BCUT2D eigenvalue weighted by molar-refractivity contribution is 0.416. The van der Waals surface area contributed by atoms with Crippen molar-refractivity contribution in [3.05, 3.63) is 47.2 Å². The van der Waals surface area contributed by atoms with E-state index in [1.54, 1.807) is 24.7 Å². The highest BCUT2D eigenvalue weighted by Gasteiger charge is 2.17. The molecule has 1 aliphatic heterocycles. The largest absolute Gasteiger partial charge is 0.496 e. The molecule has 1 saturated heterocycles. The van der Waals surface area contributed by atoms with Gasteiger partial charge in [-0.05, 0) is 38.9 Å². The average molecular weight is 423 g/mol. The molecule has 3 heterocycles. The maximum atomic E-state index is 5.81. The van der Waals surface area contributed by atoms with Crippen LogP contribution in [0.15, 0.2) is 47.4 Å². The van der Waals surface area contributed by atoms with Crippen molar-refractivity contribution >= 4 is 33.7 Å². The lowest BCUT2D eigenvalue weighted by Gasteiger charge is -2.18. The summed E-state index contributed by atoms with van der Waals surface area (Å²) in [5.41, 5.74) is 9.48. The number of thiophene rings is 1. The van der Waals surface area contributed by atoms with Gasteiger partial charge in [-0.25, -0.2) is 9.97 Å². The van der Waals surface area contributed by atoms with Gasteiger partial charge >= 0.3 is 0 Å². The minimum atomic E-state index is 0.322. The fraction of sp³-hybridized carbons (Fsp3) is 0.318. The van der Waals surface area contributed by atoms with Gasteiger partial charge in [-0.1, -0.05) is 18.2 Å². The zero-order valence-electron chi connectivity index (χ0n) is 17.2. The van der Waals surface area contributed by atoms with Crippen molar-refractivity contribution < 1.29 is 4.74 Å². The number of hydrogen-bond acceptors (Lipinski definition) is 8. The molecule has 7 nitrogen and oxygen atoms in total. The number of para-hydroxylation sites is 1. The first-order valence-electron chi connectivity index (χ1n) is 10.0. The first-order chi connectivity index (χ1) is 14.7. The number of nitrogens with zero attached hydrogens (tertiary/aromatic N) is 3. The molecule has 0 aliphatic carbocycles. The highest BCUT2D eigenvalue weighted by molar-refractivity contribution is 7.19. The zero-order valence-corrected chi connectivity index (χ0v) is 18.0. The van der Waals surface area contributed by atoms with E-state index in [-0.39, 0.29) is 0 Å². The van der Waals surface area contributed by atoms with Crippen LogP contribution >= 0.6 is 11.3 Å². The summed E-state index contributed by atoms with van der Waals surface area (Å²) in [6.07, 6.45) is 7.20. The molecule has 3 aromatic rings. The van der Waals surface area contributed by atoms with Crippen LogP contribution in [0, 0.1) is 6.92 Å². The van der Waals surface area contributed by atoms with Gasteiger partial charge in [0.1, 0.15) is 5.75 Å². The summed E-state index contributed by atoms with van der Waals surface area (Å²) >= 11 is 1.68. The fourth-order valence-corrected chi connectivity index (χ4v) is 4.61. The molecule has 4 N–H and O–H groups in total. The van der Waals surface area contributed by atoms with E-state index >= 15 is 0 Å². The summed E-state index contributed by atoms with van der Waals surface area (Å²) in [5.74, 6) is 1.31. The van der Waals surface area contributed by atoms with Crippen molar-refractivity contribution in [2.75, 3.05) is 25.5 Å². The van der Waals surface area contributed by atoms with Gasteiger partial charge in [-0.15, -0.1) is 11.3 Å². The van der Waals surface area contributed by atoms with Crippen LogP contribution in [-0.2, 0) is 0 Å². The second-order valence-corrected chi connectivity index (χ2v) is 8.40. The van der Waals surface area contributed by atoms with Gasteiger partial charge in [0.15, 0.2) is 0 Å². The third kappa shape index (κ3) is 4.29. The van der Waals surface area contributed by atoms with E-state index in [0.717, 1.165) is 53.0 Å². The summed E-state index contributed by atoms with van der Waals surface area (Å²) in [7, 11) is 1.69. The second-order valence-electron chi connectivity index (χ2n) is 7.15. The minimum absolute atomic E-state index is 0.322. The quantitative estimate of drug-likeness (QED) is 0.524. The number of aryl methyl sites for hydroxylation is 1. The number of nitrogens with two attached hydrogens (primary N) is 1. The Morgan fingerprint density at radius 3 is 2.90 bits per heavy atom. The summed E-state index contributed by atoms with van der Waals surface area (Å²) < 4.78 is 6.60. The lowest BCUT2D eigenvalue weighted by Crippen LogP contribution is -2.30. The van der Waals surface area contributed by atoms with Crippen LogP contribution in [0.3, 0.4) is 0 Å². The molecule has 8 heteroatoms. The second kappa shape index (κ2) is 9.23. The van der Waals surface area contributed by atoms with E-state index in [9.17, 15) is 0 Å². The maximum absolute atomic E-state index is 5.81. The molecule has 1 aromatic carbocycles. The van der Waals surface area contributed by atoms with Crippen LogP contribution in [0.4, 0.5) is 5.95 Å². The maximum Gasteiger partial charge on any atom is 0.227 e. The lowest BCUT2D eigenvalue weighted by atomic mass is 10.0. The molecule has 1 aliphatic rings. The van der Waals surface area contributed by atoms with E-state index in [1.807, 2.05) is 24.4 Å². The minimum Gasteiger partial charge on any atom is -0.496 e. The highest BCUT2D eigenvalue weighted by Crippen LogP contribution is 2.41. The smallest absolute Gasteiger partial charge is 0.227 e. The first kappa shape index (κ1) is 20.3. The predicted molar refractivity (Wildman–Crippen MR) is 124 cm³/mol. The van der Waals surface area contributed by atoms with E-state index in [0.29, 0.717) is 17.7 Å². The molecular weight excluding hydrogens is 396 g/mol. The molecule has 0 unspecified atom stereocenters. The topological polar surface area (TPSA) is 97.5 Å². The normalized spacial score (nSPS) is 15.7. The summed E-state index contributed by atoms with van der Waals surface area (Å²) in [5, 5.41) is 6.54. The Labute approximate surface area is 180 Å². The molecule has 0 amide bonds. The number of allylic oxidation sites excluding steroid dienone is 1. The molecular formula is C22H26N6OS. The number of anilines is 1. The predicted octanol–water partition coefficient (Wildman–Crippen LogP) is 3.71. The van der Waals surface area contributed by atoms with E-state index in [2.05, 4.69) is 33.6 Å². The number of hydrogen-bond donors (Lipinski definition) is 3. The molecule has 156 valence electrons. The summed E-state index contributed by atoms with van der Waals surface area (Å²) in [6, 6.07) is 8.31. The van der Waals surface area contributed by atoms with Gasteiger partial charge < -0.3 is 21.1 Å². The molecule has 0 bridgehead atoms. The molecule has 0 spiro atoms. The SMILES string of the molecule is COc1ccccc1-c1c(C)sc2cnc(NC(C=NC3CCNCC3)=CN)nc12. The highest BCUT2D eigenvalue weighted by atomic mass is 32.1. The van der Waals surface area contributed by atoms with Crippen molar-refractivity contribution in [3.63, 3.8) is 0 Å². The third-order valence-corrected chi connectivity index (χ3v) is 6.18. The van der Waals surface area contributed by atoms with Gasteiger partial charge in [0.05, 0.1) is 35.3 Å².